The van der Waals surface area contributed by atoms with Crippen LogP contribution in [0.3, 0.4) is 0 Å². The summed E-state index contributed by atoms with van der Waals surface area (Å²) in [4.78, 5) is 28.0. The second kappa shape index (κ2) is 12.1. The smallest absolute Gasteiger partial charge is 0.410 e. The van der Waals surface area contributed by atoms with Crippen molar-refractivity contribution in [1.82, 2.24) is 14.9 Å². The van der Waals surface area contributed by atoms with Crippen molar-refractivity contribution in [2.45, 2.75) is 122 Å². The van der Waals surface area contributed by atoms with Gasteiger partial charge in [0.05, 0.1) is 17.9 Å². The Labute approximate surface area is 280 Å². The summed E-state index contributed by atoms with van der Waals surface area (Å²) in [6.07, 6.45) is 21.4. The van der Waals surface area contributed by atoms with Crippen LogP contribution in [0.1, 0.15) is 126 Å². The van der Waals surface area contributed by atoms with Crippen LogP contribution in [0, 0.1) is 11.3 Å². The number of benzene rings is 2. The van der Waals surface area contributed by atoms with Crippen molar-refractivity contribution in [3.63, 3.8) is 0 Å². The van der Waals surface area contributed by atoms with Crippen LogP contribution in [-0.2, 0) is 17.6 Å². The number of aliphatic imine (C=N–C) groups is 1. The van der Waals surface area contributed by atoms with Crippen molar-refractivity contribution in [3.8, 4) is 22.4 Å². The predicted molar refractivity (Wildman–Crippen MR) is 189 cm³/mol. The minimum atomic E-state index is -0.515. The molecule has 1 aromatic heterocycles. The summed E-state index contributed by atoms with van der Waals surface area (Å²) in [6.45, 7) is 6.43. The van der Waals surface area contributed by atoms with Crippen LogP contribution >= 0.6 is 0 Å². The van der Waals surface area contributed by atoms with Crippen LogP contribution in [0.4, 0.5) is 4.79 Å². The Hall–Kier alpha value is -3.67. The topological polar surface area (TPSA) is 70.6 Å². The first-order valence-corrected chi connectivity index (χ1v) is 18.3. The quantitative estimate of drug-likeness (QED) is 0.305. The number of likely N-dealkylation sites (tertiary alicyclic amines) is 1. The van der Waals surface area contributed by atoms with Gasteiger partial charge in [0.1, 0.15) is 11.4 Å². The van der Waals surface area contributed by atoms with Crippen LogP contribution in [0.5, 0.6) is 0 Å². The summed E-state index contributed by atoms with van der Waals surface area (Å²) in [6, 6.07) is 13.8. The van der Waals surface area contributed by atoms with Crippen LogP contribution in [0.15, 0.2) is 53.8 Å². The minimum absolute atomic E-state index is 0.0827. The van der Waals surface area contributed by atoms with E-state index in [0.717, 1.165) is 36.3 Å². The number of H-pyrrole nitrogens is 1. The third kappa shape index (κ3) is 5.98. The van der Waals surface area contributed by atoms with Crippen molar-refractivity contribution >= 4 is 17.4 Å². The minimum Gasteiger partial charge on any atom is -0.444 e. The van der Waals surface area contributed by atoms with Crippen LogP contribution in [0.25, 0.3) is 28.0 Å². The monoisotopic (exact) mass is 630 g/mol. The van der Waals surface area contributed by atoms with Crippen molar-refractivity contribution < 1.29 is 9.53 Å². The molecule has 0 unspecified atom stereocenters. The first-order chi connectivity index (χ1) is 22.8. The van der Waals surface area contributed by atoms with Crippen LogP contribution in [0.2, 0.25) is 0 Å². The Morgan fingerprint density at radius 2 is 1.57 bits per heavy atom. The number of rotatable bonds is 5. The number of nitrogens with zero attached hydrogens (tertiary/aromatic N) is 3. The van der Waals surface area contributed by atoms with Gasteiger partial charge in [-0.3, -0.25) is 9.89 Å². The number of hydrogen-bond donors (Lipinski definition) is 1. The molecule has 1 atom stereocenters. The molecular weight excluding hydrogens is 580 g/mol. The molecule has 6 heteroatoms. The second-order valence-corrected chi connectivity index (χ2v) is 16.1. The molecule has 3 fully saturated rings. The SMILES string of the molecule is CC(C)(C)OC(=O)N1CCC[C@H]1c1ncc(-c2ccc(-c3ccc(C4=CN=C(C5CCCC5)C4)c4c3CC3(CCCCC3)C4)cc2)[nH]1. The van der Waals surface area contributed by atoms with Gasteiger partial charge in [0.25, 0.3) is 0 Å². The van der Waals surface area contributed by atoms with Gasteiger partial charge in [-0.05, 0) is 122 Å². The lowest BCUT2D eigenvalue weighted by atomic mass is 9.72. The highest BCUT2D eigenvalue weighted by molar-refractivity contribution is 6.00. The molecule has 3 aliphatic carbocycles. The normalized spacial score (nSPS) is 22.5. The van der Waals surface area contributed by atoms with Gasteiger partial charge >= 0.3 is 6.09 Å². The molecule has 1 spiro atoms. The van der Waals surface area contributed by atoms with E-state index in [1.54, 1.807) is 11.1 Å². The maximum Gasteiger partial charge on any atom is 0.410 e. The zero-order valence-electron chi connectivity index (χ0n) is 28.5. The fourth-order valence-corrected chi connectivity index (χ4v) is 9.33. The van der Waals surface area contributed by atoms with Crippen molar-refractivity contribution in [2.24, 2.45) is 16.3 Å². The Morgan fingerprint density at radius 3 is 2.32 bits per heavy atom. The second-order valence-electron chi connectivity index (χ2n) is 16.1. The summed E-state index contributed by atoms with van der Waals surface area (Å²) in [7, 11) is 0. The standard InChI is InChI=1S/C41H50N4O2/c1-40(2,3)47-39(46)45-21-9-12-37(45)38-43-26-36(44-38)29-15-13-27(14-16-29)31-17-18-32(30-22-35(42-25-30)28-10-5-6-11-28)34-24-41(23-33(31)34)19-7-4-8-20-41/h13-18,25-26,28,37H,4-12,19-24H2,1-3H3,(H,43,44)/t37-/m0/s1. The van der Waals surface area contributed by atoms with Crippen LogP contribution < -0.4 is 0 Å². The number of carbonyl (C=O) groups is 1. The summed E-state index contributed by atoms with van der Waals surface area (Å²) in [5.41, 5.74) is 12.2. The number of ether oxygens (including phenoxy) is 1. The zero-order chi connectivity index (χ0) is 32.2. The van der Waals surface area contributed by atoms with Gasteiger partial charge in [0.2, 0.25) is 0 Å². The van der Waals surface area contributed by atoms with E-state index in [9.17, 15) is 4.79 Å². The maximum atomic E-state index is 12.9. The van der Waals surface area contributed by atoms with E-state index in [2.05, 4.69) is 47.6 Å². The first-order valence-electron chi connectivity index (χ1n) is 18.3. The summed E-state index contributed by atoms with van der Waals surface area (Å²) in [5.74, 6) is 1.53. The third-order valence-corrected chi connectivity index (χ3v) is 11.7. The van der Waals surface area contributed by atoms with Gasteiger partial charge in [0.15, 0.2) is 0 Å². The highest BCUT2D eigenvalue weighted by atomic mass is 16.6. The van der Waals surface area contributed by atoms with Crippen molar-refractivity contribution in [2.75, 3.05) is 6.54 Å². The zero-order valence-corrected chi connectivity index (χ0v) is 28.5. The average Bonchev–Trinajstić information content (AvgIpc) is 3.89. The predicted octanol–water partition coefficient (Wildman–Crippen LogP) is 10.2. The lowest BCUT2D eigenvalue weighted by Gasteiger charge is -2.33. The first kappa shape index (κ1) is 30.7. The van der Waals surface area contributed by atoms with Crippen molar-refractivity contribution in [3.05, 3.63) is 71.3 Å². The van der Waals surface area contributed by atoms with E-state index < -0.39 is 5.60 Å². The Balaban J connectivity index is 1.05. The highest BCUT2D eigenvalue weighted by Crippen LogP contribution is 2.52. The van der Waals surface area contributed by atoms with E-state index in [4.69, 9.17) is 14.7 Å². The largest absolute Gasteiger partial charge is 0.444 e. The molecule has 2 saturated carbocycles. The van der Waals surface area contributed by atoms with Gasteiger partial charge in [-0.15, -0.1) is 0 Å². The number of aromatic nitrogens is 2. The van der Waals surface area contributed by atoms with Gasteiger partial charge in [-0.25, -0.2) is 9.78 Å². The van der Waals surface area contributed by atoms with E-state index in [1.807, 2.05) is 31.9 Å². The number of nitrogens with one attached hydrogen (secondary N) is 1. The van der Waals surface area contributed by atoms with Gasteiger partial charge in [-0.1, -0.05) is 68.5 Å². The van der Waals surface area contributed by atoms with Gasteiger partial charge < -0.3 is 9.72 Å². The highest BCUT2D eigenvalue weighted by Gasteiger charge is 2.41. The molecule has 2 aliphatic heterocycles. The Bertz CT molecular complexity index is 1710. The number of allylic oxidation sites excluding steroid dienone is 1. The molecule has 5 aliphatic rings. The molecule has 0 radical (unpaired) electrons. The lowest BCUT2D eigenvalue weighted by Crippen LogP contribution is -2.36. The van der Waals surface area contributed by atoms with E-state index in [0.29, 0.717) is 17.9 Å². The van der Waals surface area contributed by atoms with Gasteiger partial charge in [0, 0.05) is 24.9 Å². The van der Waals surface area contributed by atoms with Gasteiger partial charge in [-0.2, -0.15) is 0 Å². The number of amides is 1. The number of imidazole rings is 1. The fraction of sp³-hybridized carbons (Fsp3) is 0.537. The summed E-state index contributed by atoms with van der Waals surface area (Å²) < 4.78 is 5.69. The molecule has 246 valence electrons. The number of hydrogen-bond acceptors (Lipinski definition) is 4. The maximum absolute atomic E-state index is 12.9. The Morgan fingerprint density at radius 1 is 0.872 bits per heavy atom. The molecule has 1 N–H and O–H groups in total. The molecule has 6 nitrogen and oxygen atoms in total. The molecule has 1 saturated heterocycles. The third-order valence-electron chi connectivity index (χ3n) is 11.7. The molecule has 8 rings (SSSR count). The molecule has 3 heterocycles. The summed E-state index contributed by atoms with van der Waals surface area (Å²) >= 11 is 0. The molecule has 47 heavy (non-hydrogen) atoms. The van der Waals surface area contributed by atoms with E-state index in [-0.39, 0.29) is 12.1 Å². The molecule has 1 amide bonds. The van der Waals surface area contributed by atoms with E-state index >= 15 is 0 Å². The molecule has 3 aromatic rings. The van der Waals surface area contributed by atoms with E-state index in [1.165, 1.54) is 98.6 Å². The fourth-order valence-electron chi connectivity index (χ4n) is 9.33. The Kier molecular flexibility index (Phi) is 7.89. The molecule has 2 aromatic carbocycles. The number of carbonyl (C=O) groups excluding carboxylic acids is 1. The van der Waals surface area contributed by atoms with Crippen LogP contribution in [-0.4, -0.2) is 38.8 Å². The number of fused-ring (bicyclic) bond motifs is 1. The number of aromatic amines is 1. The summed E-state index contributed by atoms with van der Waals surface area (Å²) in [5, 5.41) is 0. The molecular formula is C41H50N4O2. The van der Waals surface area contributed by atoms with Crippen molar-refractivity contribution in [1.29, 1.82) is 0 Å². The molecule has 0 bridgehead atoms. The average molecular weight is 631 g/mol. The lowest BCUT2D eigenvalue weighted by molar-refractivity contribution is 0.0218.